The van der Waals surface area contributed by atoms with E-state index < -0.39 is 0 Å². The molecule has 2 aliphatic rings. The molecule has 0 aromatic rings. The van der Waals surface area contributed by atoms with Gasteiger partial charge < -0.3 is 10.6 Å². The fraction of sp³-hybridized carbons (Fsp3) is 1.00. The Hall–Kier alpha value is -0.0800. The van der Waals surface area contributed by atoms with Crippen LogP contribution in [0.2, 0.25) is 0 Å². The third kappa shape index (κ3) is 4.59. The number of hydrogen-bond acceptors (Lipinski definition) is 2. The topological polar surface area (TPSA) is 24.1 Å². The maximum atomic E-state index is 3.85. The molecule has 2 atom stereocenters. The van der Waals surface area contributed by atoms with Crippen LogP contribution in [0, 0.1) is 5.92 Å². The quantitative estimate of drug-likeness (QED) is 0.736. The molecule has 0 aromatic heterocycles. The van der Waals surface area contributed by atoms with Crippen molar-refractivity contribution >= 4 is 0 Å². The molecule has 0 spiro atoms. The standard InChI is InChI=1S/C15H30N2/c1-16-15-10-6-7-13(11-15)12-17-14-8-4-2-3-5-9-14/h13-17H,2-12H2,1H3. The zero-order chi connectivity index (χ0) is 11.9. The van der Waals surface area contributed by atoms with E-state index in [0.717, 1.165) is 18.0 Å². The Balaban J connectivity index is 1.66. The summed E-state index contributed by atoms with van der Waals surface area (Å²) in [4.78, 5) is 0. The highest BCUT2D eigenvalue weighted by Gasteiger charge is 2.21. The minimum absolute atomic E-state index is 0.782. The molecule has 2 N–H and O–H groups in total. The van der Waals surface area contributed by atoms with Crippen molar-refractivity contribution in [1.29, 1.82) is 0 Å². The van der Waals surface area contributed by atoms with Crippen LogP contribution in [-0.2, 0) is 0 Å². The maximum Gasteiger partial charge on any atom is 0.00671 e. The minimum atomic E-state index is 0.782. The molecule has 0 aromatic carbocycles. The van der Waals surface area contributed by atoms with Gasteiger partial charge in [0, 0.05) is 12.1 Å². The Kier molecular flexibility index (Phi) is 5.79. The summed E-state index contributed by atoms with van der Waals surface area (Å²) in [6, 6.07) is 1.61. The Labute approximate surface area is 107 Å². The first kappa shape index (κ1) is 13.4. The van der Waals surface area contributed by atoms with E-state index in [1.54, 1.807) is 0 Å². The highest BCUT2D eigenvalue weighted by atomic mass is 14.9. The SMILES string of the molecule is CNC1CCCC(CNC2CCCCCC2)C1. The van der Waals surface area contributed by atoms with Gasteiger partial charge in [-0.1, -0.05) is 32.1 Å². The molecule has 2 nitrogen and oxygen atoms in total. The monoisotopic (exact) mass is 238 g/mol. The van der Waals surface area contributed by atoms with E-state index in [-0.39, 0.29) is 0 Å². The van der Waals surface area contributed by atoms with Crippen LogP contribution in [0.3, 0.4) is 0 Å². The Morgan fingerprint density at radius 3 is 2.24 bits per heavy atom. The molecule has 0 aliphatic heterocycles. The van der Waals surface area contributed by atoms with E-state index in [9.17, 15) is 0 Å². The predicted octanol–water partition coefficient (Wildman–Crippen LogP) is 3.08. The van der Waals surface area contributed by atoms with Crippen molar-refractivity contribution in [2.75, 3.05) is 13.6 Å². The van der Waals surface area contributed by atoms with Gasteiger partial charge in [-0.15, -0.1) is 0 Å². The molecular weight excluding hydrogens is 208 g/mol. The van der Waals surface area contributed by atoms with Crippen LogP contribution in [0.15, 0.2) is 0 Å². The summed E-state index contributed by atoms with van der Waals surface area (Å²) in [6.45, 7) is 1.27. The van der Waals surface area contributed by atoms with E-state index in [0.29, 0.717) is 0 Å². The summed E-state index contributed by atoms with van der Waals surface area (Å²) < 4.78 is 0. The summed E-state index contributed by atoms with van der Waals surface area (Å²) in [5.41, 5.74) is 0. The lowest BCUT2D eigenvalue weighted by Crippen LogP contribution is -2.38. The predicted molar refractivity (Wildman–Crippen MR) is 74.3 cm³/mol. The third-order valence-corrected chi connectivity index (χ3v) is 4.74. The molecule has 2 aliphatic carbocycles. The Bertz CT molecular complexity index is 197. The highest BCUT2D eigenvalue weighted by Crippen LogP contribution is 2.24. The van der Waals surface area contributed by atoms with Gasteiger partial charge in [-0.25, -0.2) is 0 Å². The first-order valence-corrected chi connectivity index (χ1v) is 7.79. The molecular formula is C15H30N2. The minimum Gasteiger partial charge on any atom is -0.317 e. The summed E-state index contributed by atoms with van der Waals surface area (Å²) >= 11 is 0. The molecule has 17 heavy (non-hydrogen) atoms. The lowest BCUT2D eigenvalue weighted by Gasteiger charge is -2.30. The lowest BCUT2D eigenvalue weighted by molar-refractivity contribution is 0.274. The molecule has 0 radical (unpaired) electrons. The smallest absolute Gasteiger partial charge is 0.00671 e. The summed E-state index contributed by atoms with van der Waals surface area (Å²) in [5, 5.41) is 7.30. The van der Waals surface area contributed by atoms with Crippen LogP contribution in [0.4, 0.5) is 0 Å². The molecule has 2 saturated carbocycles. The van der Waals surface area contributed by atoms with Crippen molar-refractivity contribution in [3.63, 3.8) is 0 Å². The van der Waals surface area contributed by atoms with E-state index in [1.165, 1.54) is 70.8 Å². The zero-order valence-corrected chi connectivity index (χ0v) is 11.5. The van der Waals surface area contributed by atoms with E-state index >= 15 is 0 Å². The second-order valence-electron chi connectivity index (χ2n) is 6.11. The Morgan fingerprint density at radius 1 is 0.824 bits per heavy atom. The molecule has 0 heterocycles. The van der Waals surface area contributed by atoms with Crippen molar-refractivity contribution in [2.24, 2.45) is 5.92 Å². The lowest BCUT2D eigenvalue weighted by atomic mass is 9.85. The first-order chi connectivity index (χ1) is 8.38. The van der Waals surface area contributed by atoms with E-state index in [4.69, 9.17) is 0 Å². The van der Waals surface area contributed by atoms with Gasteiger partial charge in [0.25, 0.3) is 0 Å². The summed E-state index contributed by atoms with van der Waals surface area (Å²) in [5.74, 6) is 0.921. The van der Waals surface area contributed by atoms with Crippen molar-refractivity contribution in [3.05, 3.63) is 0 Å². The number of rotatable bonds is 4. The average molecular weight is 238 g/mol. The van der Waals surface area contributed by atoms with Gasteiger partial charge in [0.2, 0.25) is 0 Å². The molecule has 0 saturated heterocycles. The second-order valence-corrected chi connectivity index (χ2v) is 6.11. The molecule has 2 unspecified atom stereocenters. The van der Waals surface area contributed by atoms with Crippen LogP contribution in [0.25, 0.3) is 0 Å². The maximum absolute atomic E-state index is 3.85. The van der Waals surface area contributed by atoms with Gasteiger partial charge >= 0.3 is 0 Å². The largest absolute Gasteiger partial charge is 0.317 e. The molecule has 2 rings (SSSR count). The van der Waals surface area contributed by atoms with Crippen LogP contribution in [0.1, 0.15) is 64.2 Å². The second kappa shape index (κ2) is 7.38. The van der Waals surface area contributed by atoms with Gasteiger partial charge in [-0.05, 0) is 51.6 Å². The molecule has 2 heteroatoms. The first-order valence-electron chi connectivity index (χ1n) is 7.79. The molecule has 0 amide bonds. The number of hydrogen-bond donors (Lipinski definition) is 2. The van der Waals surface area contributed by atoms with Crippen molar-refractivity contribution < 1.29 is 0 Å². The van der Waals surface area contributed by atoms with Crippen molar-refractivity contribution in [3.8, 4) is 0 Å². The normalized spacial score (nSPS) is 32.3. The average Bonchev–Trinajstić information content (AvgIpc) is 2.65. The van der Waals surface area contributed by atoms with Crippen molar-refractivity contribution in [1.82, 2.24) is 10.6 Å². The molecule has 0 bridgehead atoms. The van der Waals surface area contributed by atoms with Crippen molar-refractivity contribution in [2.45, 2.75) is 76.3 Å². The third-order valence-electron chi connectivity index (χ3n) is 4.74. The fourth-order valence-corrected chi connectivity index (χ4v) is 3.56. The van der Waals surface area contributed by atoms with Gasteiger partial charge in [0.05, 0.1) is 0 Å². The van der Waals surface area contributed by atoms with Crippen LogP contribution in [0.5, 0.6) is 0 Å². The van der Waals surface area contributed by atoms with Gasteiger partial charge in [-0.3, -0.25) is 0 Å². The highest BCUT2D eigenvalue weighted by molar-refractivity contribution is 4.80. The molecule has 2 fully saturated rings. The fourth-order valence-electron chi connectivity index (χ4n) is 3.56. The van der Waals surface area contributed by atoms with E-state index in [2.05, 4.69) is 17.7 Å². The van der Waals surface area contributed by atoms with Crippen LogP contribution >= 0.6 is 0 Å². The van der Waals surface area contributed by atoms with Crippen LogP contribution < -0.4 is 10.6 Å². The summed E-state index contributed by atoms with van der Waals surface area (Å²) in [7, 11) is 2.12. The van der Waals surface area contributed by atoms with Gasteiger partial charge in [0.1, 0.15) is 0 Å². The summed E-state index contributed by atoms with van der Waals surface area (Å²) in [6.07, 6.45) is 14.3. The number of nitrogens with one attached hydrogen (secondary N) is 2. The zero-order valence-electron chi connectivity index (χ0n) is 11.5. The van der Waals surface area contributed by atoms with E-state index in [1.807, 2.05) is 0 Å². The Morgan fingerprint density at radius 2 is 1.53 bits per heavy atom. The molecule has 100 valence electrons. The van der Waals surface area contributed by atoms with Gasteiger partial charge in [-0.2, -0.15) is 0 Å². The van der Waals surface area contributed by atoms with Gasteiger partial charge in [0.15, 0.2) is 0 Å². The van der Waals surface area contributed by atoms with Crippen LogP contribution in [-0.4, -0.2) is 25.7 Å².